The van der Waals surface area contributed by atoms with Crippen LogP contribution in [0.3, 0.4) is 0 Å². The highest BCUT2D eigenvalue weighted by molar-refractivity contribution is 5.65. The smallest absolute Gasteiger partial charge is 0.261 e. The minimum Gasteiger partial charge on any atom is -0.497 e. The summed E-state index contributed by atoms with van der Waals surface area (Å²) in [6.07, 6.45) is 1.78. The highest BCUT2D eigenvalue weighted by Gasteiger charge is 2.18. The zero-order valence-electron chi connectivity index (χ0n) is 11.9. The zero-order valence-corrected chi connectivity index (χ0v) is 11.9. The van der Waals surface area contributed by atoms with Crippen molar-refractivity contribution in [3.63, 3.8) is 0 Å². The largest absolute Gasteiger partial charge is 0.497 e. The van der Waals surface area contributed by atoms with Gasteiger partial charge in [0.25, 0.3) is 5.89 Å². The number of hydrogen-bond acceptors (Lipinski definition) is 6. The van der Waals surface area contributed by atoms with Gasteiger partial charge in [0.15, 0.2) is 5.82 Å². The lowest BCUT2D eigenvalue weighted by Gasteiger charge is -2.07. The maximum atomic E-state index is 5.98. The highest BCUT2D eigenvalue weighted by Crippen LogP contribution is 2.32. The molecule has 0 aliphatic carbocycles. The van der Waals surface area contributed by atoms with Crippen LogP contribution in [0.5, 0.6) is 11.5 Å². The van der Waals surface area contributed by atoms with Gasteiger partial charge in [0.05, 0.1) is 25.8 Å². The average molecular weight is 277 g/mol. The van der Waals surface area contributed by atoms with Crippen LogP contribution in [0.2, 0.25) is 0 Å². The van der Waals surface area contributed by atoms with E-state index >= 15 is 0 Å². The topological polar surface area (TPSA) is 83.4 Å². The third kappa shape index (κ3) is 2.91. The second-order valence-corrected chi connectivity index (χ2v) is 4.42. The van der Waals surface area contributed by atoms with E-state index in [0.717, 1.165) is 12.8 Å². The molecule has 1 heterocycles. The summed E-state index contributed by atoms with van der Waals surface area (Å²) >= 11 is 0. The summed E-state index contributed by atoms with van der Waals surface area (Å²) in [5.74, 6) is 2.22. The van der Waals surface area contributed by atoms with Gasteiger partial charge in [-0.3, -0.25) is 0 Å². The second kappa shape index (κ2) is 6.38. The van der Waals surface area contributed by atoms with E-state index in [4.69, 9.17) is 19.7 Å². The molecule has 0 saturated carbocycles. The minimum absolute atomic E-state index is 0.214. The van der Waals surface area contributed by atoms with E-state index in [0.29, 0.717) is 28.8 Å². The van der Waals surface area contributed by atoms with Crippen molar-refractivity contribution < 1.29 is 14.0 Å². The molecule has 0 spiro atoms. The standard InChI is InChI=1S/C14H19N3O3/c1-4-5-11(15)13-16-14(20-17-13)10-8-9(18-2)6-7-12(10)19-3/h6-8,11H,4-5,15H2,1-3H3. The van der Waals surface area contributed by atoms with Crippen LogP contribution in [0.4, 0.5) is 0 Å². The second-order valence-electron chi connectivity index (χ2n) is 4.42. The van der Waals surface area contributed by atoms with Gasteiger partial charge in [-0.25, -0.2) is 0 Å². The number of methoxy groups -OCH3 is 2. The molecule has 6 nitrogen and oxygen atoms in total. The number of nitrogens with zero attached hydrogens (tertiary/aromatic N) is 2. The summed E-state index contributed by atoms with van der Waals surface area (Å²) < 4.78 is 15.8. The molecule has 0 fully saturated rings. The summed E-state index contributed by atoms with van der Waals surface area (Å²) in [4.78, 5) is 4.34. The first-order chi connectivity index (χ1) is 9.69. The SMILES string of the molecule is CCCC(N)c1noc(-c2cc(OC)ccc2OC)n1. The maximum absolute atomic E-state index is 5.98. The van der Waals surface area contributed by atoms with E-state index in [1.807, 2.05) is 6.07 Å². The Morgan fingerprint density at radius 2 is 2.10 bits per heavy atom. The van der Waals surface area contributed by atoms with Crippen LogP contribution < -0.4 is 15.2 Å². The van der Waals surface area contributed by atoms with E-state index in [-0.39, 0.29) is 6.04 Å². The molecule has 1 unspecified atom stereocenters. The van der Waals surface area contributed by atoms with Gasteiger partial charge in [-0.2, -0.15) is 4.98 Å². The van der Waals surface area contributed by atoms with E-state index in [1.54, 1.807) is 26.4 Å². The molecule has 0 amide bonds. The van der Waals surface area contributed by atoms with Crippen LogP contribution in [0.1, 0.15) is 31.6 Å². The predicted molar refractivity (Wildman–Crippen MR) is 74.7 cm³/mol. The van der Waals surface area contributed by atoms with Crippen molar-refractivity contribution in [2.75, 3.05) is 14.2 Å². The third-order valence-electron chi connectivity index (χ3n) is 3.01. The molecule has 0 aliphatic rings. The van der Waals surface area contributed by atoms with E-state index in [9.17, 15) is 0 Å². The molecule has 108 valence electrons. The monoisotopic (exact) mass is 277 g/mol. The number of nitrogens with two attached hydrogens (primary N) is 1. The van der Waals surface area contributed by atoms with E-state index in [2.05, 4.69) is 17.1 Å². The fraction of sp³-hybridized carbons (Fsp3) is 0.429. The lowest BCUT2D eigenvalue weighted by Crippen LogP contribution is -2.11. The Morgan fingerprint density at radius 3 is 2.75 bits per heavy atom. The number of rotatable bonds is 6. The number of hydrogen-bond donors (Lipinski definition) is 1. The van der Waals surface area contributed by atoms with Gasteiger partial charge in [0.2, 0.25) is 0 Å². The molecular formula is C14H19N3O3. The molecule has 2 aromatic rings. The molecule has 0 aliphatic heterocycles. The molecule has 2 rings (SSSR count). The van der Waals surface area contributed by atoms with Crippen molar-refractivity contribution in [3.8, 4) is 23.0 Å². The third-order valence-corrected chi connectivity index (χ3v) is 3.01. The normalized spacial score (nSPS) is 12.2. The van der Waals surface area contributed by atoms with Crippen molar-refractivity contribution in [1.29, 1.82) is 0 Å². The fourth-order valence-corrected chi connectivity index (χ4v) is 1.92. The van der Waals surface area contributed by atoms with Gasteiger partial charge in [0.1, 0.15) is 11.5 Å². The van der Waals surface area contributed by atoms with Gasteiger partial charge in [-0.15, -0.1) is 0 Å². The Morgan fingerprint density at radius 1 is 1.30 bits per heavy atom. The van der Waals surface area contributed by atoms with Crippen LogP contribution in [0, 0.1) is 0 Å². The van der Waals surface area contributed by atoms with Crippen LogP contribution >= 0.6 is 0 Å². The summed E-state index contributed by atoms with van der Waals surface area (Å²) in [6, 6.07) is 5.18. The van der Waals surface area contributed by atoms with Gasteiger partial charge in [0, 0.05) is 0 Å². The fourth-order valence-electron chi connectivity index (χ4n) is 1.92. The van der Waals surface area contributed by atoms with Crippen LogP contribution in [0.15, 0.2) is 22.7 Å². The van der Waals surface area contributed by atoms with Crippen molar-refractivity contribution in [2.45, 2.75) is 25.8 Å². The van der Waals surface area contributed by atoms with Gasteiger partial charge in [-0.1, -0.05) is 18.5 Å². The van der Waals surface area contributed by atoms with Crippen LogP contribution in [-0.4, -0.2) is 24.4 Å². The summed E-state index contributed by atoms with van der Waals surface area (Å²) in [5.41, 5.74) is 6.67. The predicted octanol–water partition coefficient (Wildman–Crippen LogP) is 2.55. The van der Waals surface area contributed by atoms with Crippen molar-refractivity contribution in [1.82, 2.24) is 10.1 Å². The molecule has 0 bridgehead atoms. The molecule has 0 radical (unpaired) electrons. The first-order valence-electron chi connectivity index (χ1n) is 6.51. The van der Waals surface area contributed by atoms with Crippen molar-refractivity contribution >= 4 is 0 Å². The Kier molecular flexibility index (Phi) is 4.57. The summed E-state index contributed by atoms with van der Waals surface area (Å²) in [6.45, 7) is 2.06. The van der Waals surface area contributed by atoms with Gasteiger partial charge < -0.3 is 19.7 Å². The summed E-state index contributed by atoms with van der Waals surface area (Å²) in [5, 5.41) is 3.93. The number of benzene rings is 1. The lowest BCUT2D eigenvalue weighted by atomic mass is 10.1. The maximum Gasteiger partial charge on any atom is 0.261 e. The molecule has 6 heteroatoms. The molecule has 20 heavy (non-hydrogen) atoms. The Labute approximate surface area is 117 Å². The van der Waals surface area contributed by atoms with Crippen molar-refractivity contribution in [3.05, 3.63) is 24.0 Å². The molecular weight excluding hydrogens is 258 g/mol. The quantitative estimate of drug-likeness (QED) is 0.873. The van der Waals surface area contributed by atoms with Gasteiger partial charge >= 0.3 is 0 Å². The molecule has 2 N–H and O–H groups in total. The van der Waals surface area contributed by atoms with E-state index in [1.165, 1.54) is 0 Å². The van der Waals surface area contributed by atoms with Crippen molar-refractivity contribution in [2.24, 2.45) is 5.73 Å². The number of ether oxygens (including phenoxy) is 2. The number of aromatic nitrogens is 2. The Bertz CT molecular complexity index is 569. The zero-order chi connectivity index (χ0) is 14.5. The van der Waals surface area contributed by atoms with Crippen LogP contribution in [0.25, 0.3) is 11.5 Å². The Balaban J connectivity index is 2.35. The lowest BCUT2D eigenvalue weighted by molar-refractivity contribution is 0.393. The first kappa shape index (κ1) is 14.3. The Hall–Kier alpha value is -2.08. The van der Waals surface area contributed by atoms with Gasteiger partial charge in [-0.05, 0) is 24.6 Å². The first-order valence-corrected chi connectivity index (χ1v) is 6.51. The molecule has 0 saturated heterocycles. The molecule has 1 atom stereocenters. The molecule has 1 aromatic heterocycles. The minimum atomic E-state index is -0.214. The van der Waals surface area contributed by atoms with E-state index < -0.39 is 0 Å². The average Bonchev–Trinajstić information content (AvgIpc) is 2.96. The molecule has 1 aromatic carbocycles. The summed E-state index contributed by atoms with van der Waals surface area (Å²) in [7, 11) is 3.19. The highest BCUT2D eigenvalue weighted by atomic mass is 16.5. The van der Waals surface area contributed by atoms with Crippen LogP contribution in [-0.2, 0) is 0 Å².